The molecule has 6 heteroatoms. The standard InChI is InChI=1S/C20H36O5S/c1-14(2)7-8-16-19(3,25-16)18-17(24-4)15(22)9-10-20(18,23)13-26-12-6-5-11-21/h7,15-18,21-23H,5-6,8-13H2,1-4H3. The van der Waals surface area contributed by atoms with Gasteiger partial charge < -0.3 is 24.8 Å². The van der Waals surface area contributed by atoms with Crippen LogP contribution in [0.25, 0.3) is 0 Å². The van der Waals surface area contributed by atoms with Crippen molar-refractivity contribution in [1.29, 1.82) is 0 Å². The van der Waals surface area contributed by atoms with Crippen molar-refractivity contribution in [1.82, 2.24) is 0 Å². The lowest BCUT2D eigenvalue weighted by Crippen LogP contribution is -2.60. The molecule has 2 fully saturated rings. The van der Waals surface area contributed by atoms with Gasteiger partial charge in [-0.05, 0) is 58.6 Å². The largest absolute Gasteiger partial charge is 0.396 e. The lowest BCUT2D eigenvalue weighted by Gasteiger charge is -2.48. The highest BCUT2D eigenvalue weighted by molar-refractivity contribution is 7.99. The van der Waals surface area contributed by atoms with Crippen molar-refractivity contribution in [3.8, 4) is 0 Å². The van der Waals surface area contributed by atoms with Gasteiger partial charge in [0.05, 0.1) is 23.9 Å². The highest BCUT2D eigenvalue weighted by atomic mass is 32.2. The van der Waals surface area contributed by atoms with E-state index < -0.39 is 23.4 Å². The van der Waals surface area contributed by atoms with Gasteiger partial charge >= 0.3 is 0 Å². The lowest BCUT2D eigenvalue weighted by atomic mass is 9.66. The van der Waals surface area contributed by atoms with E-state index in [9.17, 15) is 10.2 Å². The molecule has 2 aliphatic rings. The highest BCUT2D eigenvalue weighted by Crippen LogP contribution is 2.54. The zero-order chi connectivity index (χ0) is 19.4. The number of unbranched alkanes of at least 4 members (excludes halogenated alkanes) is 1. The summed E-state index contributed by atoms with van der Waals surface area (Å²) in [6, 6.07) is 0. The van der Waals surface area contributed by atoms with Gasteiger partial charge in [-0.1, -0.05) is 11.6 Å². The Labute approximate surface area is 162 Å². The van der Waals surface area contributed by atoms with Gasteiger partial charge in [0.15, 0.2) is 0 Å². The van der Waals surface area contributed by atoms with Gasteiger partial charge in [0.25, 0.3) is 0 Å². The molecule has 1 heterocycles. The Morgan fingerprint density at radius 2 is 2.08 bits per heavy atom. The summed E-state index contributed by atoms with van der Waals surface area (Å²) in [6.45, 7) is 6.40. The van der Waals surface area contributed by atoms with Crippen LogP contribution in [0.2, 0.25) is 0 Å². The maximum absolute atomic E-state index is 11.5. The van der Waals surface area contributed by atoms with E-state index in [0.717, 1.165) is 25.0 Å². The van der Waals surface area contributed by atoms with Crippen LogP contribution in [0.1, 0.15) is 52.9 Å². The second-order valence-corrected chi connectivity index (χ2v) is 9.28. The number of aliphatic hydroxyl groups is 3. The number of hydrogen-bond acceptors (Lipinski definition) is 6. The van der Waals surface area contributed by atoms with Crippen molar-refractivity contribution in [3.05, 3.63) is 11.6 Å². The van der Waals surface area contributed by atoms with Crippen molar-refractivity contribution >= 4 is 11.8 Å². The maximum atomic E-state index is 11.5. The van der Waals surface area contributed by atoms with Crippen LogP contribution in [-0.2, 0) is 9.47 Å². The number of aliphatic hydroxyl groups excluding tert-OH is 2. The number of hydrogen-bond donors (Lipinski definition) is 3. The zero-order valence-corrected chi connectivity index (χ0v) is 17.4. The summed E-state index contributed by atoms with van der Waals surface area (Å²) in [4.78, 5) is 0. The molecule has 2 rings (SSSR count). The van der Waals surface area contributed by atoms with Crippen LogP contribution in [0.4, 0.5) is 0 Å². The predicted octanol–water partition coefficient (Wildman–Crippen LogP) is 2.52. The molecule has 6 atom stereocenters. The Bertz CT molecular complexity index is 481. The van der Waals surface area contributed by atoms with Crippen molar-refractivity contribution in [2.75, 3.05) is 25.2 Å². The van der Waals surface area contributed by atoms with Gasteiger partial charge in [-0.15, -0.1) is 0 Å². The molecule has 0 radical (unpaired) electrons. The Kier molecular flexibility index (Phi) is 8.01. The van der Waals surface area contributed by atoms with Crippen LogP contribution < -0.4 is 0 Å². The summed E-state index contributed by atoms with van der Waals surface area (Å²) in [5.74, 6) is 1.25. The second-order valence-electron chi connectivity index (χ2n) is 8.18. The van der Waals surface area contributed by atoms with Gasteiger partial charge in [0.2, 0.25) is 0 Å². The molecule has 152 valence electrons. The minimum atomic E-state index is -0.918. The van der Waals surface area contributed by atoms with Crippen molar-refractivity contribution in [2.45, 2.75) is 82.4 Å². The number of methoxy groups -OCH3 is 1. The maximum Gasteiger partial charge on any atom is 0.100 e. The molecule has 1 aliphatic heterocycles. The molecule has 0 spiro atoms. The number of ether oxygens (including phenoxy) is 2. The average Bonchev–Trinajstić information content (AvgIpc) is 3.25. The molecule has 1 aliphatic carbocycles. The first-order chi connectivity index (χ1) is 12.3. The van der Waals surface area contributed by atoms with Crippen molar-refractivity contribution in [2.24, 2.45) is 5.92 Å². The van der Waals surface area contributed by atoms with E-state index in [4.69, 9.17) is 14.6 Å². The average molecular weight is 389 g/mol. The van der Waals surface area contributed by atoms with E-state index in [1.165, 1.54) is 5.57 Å². The fraction of sp³-hybridized carbons (Fsp3) is 0.900. The van der Waals surface area contributed by atoms with Crippen LogP contribution >= 0.6 is 11.8 Å². The number of epoxide rings is 1. The lowest BCUT2D eigenvalue weighted by molar-refractivity contribution is -0.169. The van der Waals surface area contributed by atoms with Crippen LogP contribution in [0.3, 0.4) is 0 Å². The normalized spacial score (nSPS) is 39.7. The van der Waals surface area contributed by atoms with Gasteiger partial charge in [-0.3, -0.25) is 0 Å². The molecule has 0 bridgehead atoms. The molecule has 26 heavy (non-hydrogen) atoms. The topological polar surface area (TPSA) is 82.5 Å². The molecule has 6 unspecified atom stereocenters. The minimum absolute atomic E-state index is 0.0521. The quantitative estimate of drug-likeness (QED) is 0.303. The molecule has 3 N–H and O–H groups in total. The number of allylic oxidation sites excluding steroid dienone is 1. The van der Waals surface area contributed by atoms with Crippen LogP contribution in [-0.4, -0.2) is 70.1 Å². The molecule has 0 aromatic carbocycles. The summed E-state index contributed by atoms with van der Waals surface area (Å²) in [7, 11) is 1.61. The number of thioether (sulfide) groups is 1. The number of rotatable bonds is 10. The fourth-order valence-corrected chi connectivity index (χ4v) is 5.53. The predicted molar refractivity (Wildman–Crippen MR) is 105 cm³/mol. The van der Waals surface area contributed by atoms with Gasteiger partial charge in [0, 0.05) is 25.4 Å². The van der Waals surface area contributed by atoms with Crippen molar-refractivity contribution < 1.29 is 24.8 Å². The van der Waals surface area contributed by atoms with E-state index in [0.29, 0.717) is 18.6 Å². The van der Waals surface area contributed by atoms with Crippen LogP contribution in [0.15, 0.2) is 11.6 Å². The first-order valence-electron chi connectivity index (χ1n) is 9.71. The summed E-state index contributed by atoms with van der Waals surface area (Å²) in [5.41, 5.74) is -0.142. The fourth-order valence-electron chi connectivity index (χ4n) is 4.30. The first-order valence-corrected chi connectivity index (χ1v) is 10.9. The summed E-state index contributed by atoms with van der Waals surface area (Å²) < 4.78 is 11.7. The SMILES string of the molecule is COC1C(O)CCC(O)(CSCCCCO)C1C1(C)OC1CC=C(C)C. The molecule has 0 aromatic heterocycles. The Morgan fingerprint density at radius 3 is 2.69 bits per heavy atom. The third-order valence-electron chi connectivity index (χ3n) is 5.82. The van der Waals surface area contributed by atoms with E-state index in [2.05, 4.69) is 19.9 Å². The summed E-state index contributed by atoms with van der Waals surface area (Å²) in [5, 5.41) is 30.9. The van der Waals surface area contributed by atoms with Crippen LogP contribution in [0, 0.1) is 5.92 Å². The Balaban J connectivity index is 2.11. The summed E-state index contributed by atoms with van der Waals surface area (Å²) >= 11 is 1.71. The van der Waals surface area contributed by atoms with E-state index >= 15 is 0 Å². The summed E-state index contributed by atoms with van der Waals surface area (Å²) in [6.07, 6.45) is 4.87. The minimum Gasteiger partial charge on any atom is -0.396 e. The van der Waals surface area contributed by atoms with Gasteiger partial charge in [0.1, 0.15) is 5.60 Å². The molecule has 0 amide bonds. The third-order valence-corrected chi connectivity index (χ3v) is 7.10. The third kappa shape index (κ3) is 5.03. The monoisotopic (exact) mass is 388 g/mol. The van der Waals surface area contributed by atoms with Crippen LogP contribution in [0.5, 0.6) is 0 Å². The second kappa shape index (κ2) is 9.39. The van der Waals surface area contributed by atoms with E-state index in [1.54, 1.807) is 18.9 Å². The van der Waals surface area contributed by atoms with E-state index in [1.807, 2.05) is 6.92 Å². The van der Waals surface area contributed by atoms with E-state index in [-0.39, 0.29) is 18.6 Å². The zero-order valence-electron chi connectivity index (χ0n) is 16.6. The molecule has 1 saturated carbocycles. The highest BCUT2D eigenvalue weighted by Gasteiger charge is 2.66. The Morgan fingerprint density at radius 1 is 1.35 bits per heavy atom. The molecule has 0 aromatic rings. The molecule has 5 nitrogen and oxygen atoms in total. The molecular weight excluding hydrogens is 352 g/mol. The van der Waals surface area contributed by atoms with Gasteiger partial charge in [-0.25, -0.2) is 0 Å². The molecule has 1 saturated heterocycles. The molecular formula is C20H36O5S. The Hall–Kier alpha value is -0.110. The van der Waals surface area contributed by atoms with Crippen molar-refractivity contribution in [3.63, 3.8) is 0 Å². The van der Waals surface area contributed by atoms with Gasteiger partial charge in [-0.2, -0.15) is 11.8 Å². The smallest absolute Gasteiger partial charge is 0.100 e. The first kappa shape index (κ1) is 22.2.